The Morgan fingerprint density at radius 3 is 2.80 bits per heavy atom. The normalized spacial score (nSPS) is 11.1. The highest BCUT2D eigenvalue weighted by molar-refractivity contribution is 5.89. The molecule has 0 spiro atoms. The van der Waals surface area contributed by atoms with Crippen molar-refractivity contribution in [1.29, 1.82) is 0 Å². The summed E-state index contributed by atoms with van der Waals surface area (Å²) in [5.41, 5.74) is 9.62. The number of nitrogens with two attached hydrogens (primary N) is 1. The fourth-order valence-electron chi connectivity index (χ4n) is 3.58. The highest BCUT2D eigenvalue weighted by Crippen LogP contribution is 2.34. The van der Waals surface area contributed by atoms with Crippen LogP contribution >= 0.6 is 0 Å². The Morgan fingerprint density at radius 2 is 2.00 bits per heavy atom. The first-order valence-corrected chi connectivity index (χ1v) is 10.3. The molecule has 0 fully saturated rings. The maximum atomic E-state index is 7.36. The maximum Gasteiger partial charge on any atom is 0.290 e. The van der Waals surface area contributed by atoms with Crippen molar-refractivity contribution in [3.8, 4) is 28.5 Å². The molecule has 6 rings (SSSR count). The first-order valence-electron chi connectivity index (χ1n) is 10.3. The predicted octanol–water partition coefficient (Wildman–Crippen LogP) is 1.60. The van der Waals surface area contributed by atoms with Gasteiger partial charge in [0.15, 0.2) is 17.2 Å². The van der Waals surface area contributed by atoms with Crippen molar-refractivity contribution >= 4 is 17.3 Å². The molecular formula is C21H14N14. The fourth-order valence-corrected chi connectivity index (χ4v) is 3.58. The van der Waals surface area contributed by atoms with Crippen molar-refractivity contribution < 1.29 is 0 Å². The number of tetrazole rings is 1. The van der Waals surface area contributed by atoms with E-state index in [0.717, 1.165) is 0 Å². The van der Waals surface area contributed by atoms with Crippen molar-refractivity contribution in [3.05, 3.63) is 78.6 Å². The monoisotopic (exact) mass is 462 g/mol. The van der Waals surface area contributed by atoms with E-state index in [-0.39, 0.29) is 12.5 Å². The quantitative estimate of drug-likeness (QED) is 0.373. The molecule has 2 N–H and O–H groups in total. The minimum absolute atomic E-state index is 0.128. The predicted molar refractivity (Wildman–Crippen MR) is 122 cm³/mol. The van der Waals surface area contributed by atoms with E-state index in [1.54, 1.807) is 48.9 Å². The molecule has 6 aromatic rings. The van der Waals surface area contributed by atoms with Crippen LogP contribution < -0.4 is 5.73 Å². The third-order valence-electron chi connectivity index (χ3n) is 5.08. The maximum absolute atomic E-state index is 7.36. The van der Waals surface area contributed by atoms with Crippen LogP contribution in [-0.2, 0) is 6.54 Å². The van der Waals surface area contributed by atoms with Gasteiger partial charge in [-0.1, -0.05) is 23.3 Å². The summed E-state index contributed by atoms with van der Waals surface area (Å²) < 4.78 is 2.94. The summed E-state index contributed by atoms with van der Waals surface area (Å²) in [7, 11) is 0. The summed E-state index contributed by atoms with van der Waals surface area (Å²) >= 11 is 0. The second kappa shape index (κ2) is 8.08. The molecule has 0 unspecified atom stereocenters. The number of nitrogen functional groups attached to an aromatic ring is 1. The average Bonchev–Trinajstić information content (AvgIpc) is 3.66. The SMILES string of the molecule is [C-]#[N+]c1cccc(-c2nc(N)n3nc(Cn4nnc(-n5cccn5)n4)nc3c2-c2ccncn2)c1. The van der Waals surface area contributed by atoms with Crippen LogP contribution in [0.25, 0.3) is 39.0 Å². The van der Waals surface area contributed by atoms with Gasteiger partial charge in [-0.25, -0.2) is 29.5 Å². The van der Waals surface area contributed by atoms with Crippen molar-refractivity contribution in [2.45, 2.75) is 6.54 Å². The number of fused-ring (bicyclic) bond motifs is 1. The molecule has 5 aromatic heterocycles. The molecule has 0 bridgehead atoms. The number of nitrogens with zero attached hydrogens (tertiary/aromatic N) is 13. The molecule has 1 aromatic carbocycles. The highest BCUT2D eigenvalue weighted by Gasteiger charge is 2.21. The van der Waals surface area contributed by atoms with Crippen LogP contribution in [0.1, 0.15) is 5.82 Å². The lowest BCUT2D eigenvalue weighted by Crippen LogP contribution is -2.08. The Labute approximate surface area is 196 Å². The molecule has 0 saturated carbocycles. The average molecular weight is 462 g/mol. The van der Waals surface area contributed by atoms with Crippen LogP contribution in [0.15, 0.2) is 61.3 Å². The molecule has 35 heavy (non-hydrogen) atoms. The van der Waals surface area contributed by atoms with Crippen molar-refractivity contribution in [3.63, 3.8) is 0 Å². The van der Waals surface area contributed by atoms with Crippen LogP contribution in [0.5, 0.6) is 0 Å². The standard InChI is InChI=1S/C21H14N14/c1-23-14-5-2-4-13(10-14)18-17(15-6-8-24-12-25-15)19-27-16(30-35(19)20(22)28-18)11-34-31-21(29-32-34)33-9-3-7-26-33/h2-10,12H,11H2,(H2,22,28). The molecule has 0 amide bonds. The van der Waals surface area contributed by atoms with Gasteiger partial charge in [-0.05, 0) is 29.0 Å². The molecular weight excluding hydrogens is 448 g/mol. The van der Waals surface area contributed by atoms with Crippen molar-refractivity contribution in [2.24, 2.45) is 0 Å². The molecule has 0 aliphatic rings. The molecule has 0 radical (unpaired) electrons. The fraction of sp³-hybridized carbons (Fsp3) is 0.0476. The lowest BCUT2D eigenvalue weighted by Gasteiger charge is -2.11. The number of aromatic nitrogens is 12. The van der Waals surface area contributed by atoms with E-state index in [9.17, 15) is 0 Å². The van der Waals surface area contributed by atoms with E-state index in [1.165, 1.54) is 20.3 Å². The van der Waals surface area contributed by atoms with Crippen LogP contribution in [0, 0.1) is 6.57 Å². The van der Waals surface area contributed by atoms with Crippen LogP contribution in [0.3, 0.4) is 0 Å². The van der Waals surface area contributed by atoms with E-state index in [4.69, 9.17) is 17.3 Å². The Morgan fingerprint density at radius 1 is 1.06 bits per heavy atom. The Bertz CT molecular complexity index is 1690. The van der Waals surface area contributed by atoms with Gasteiger partial charge in [0.1, 0.15) is 12.9 Å². The van der Waals surface area contributed by atoms with E-state index in [2.05, 4.69) is 45.4 Å². The summed E-state index contributed by atoms with van der Waals surface area (Å²) in [5.74, 6) is 0.845. The summed E-state index contributed by atoms with van der Waals surface area (Å²) in [5, 5.41) is 21.0. The first kappa shape index (κ1) is 20.1. The molecule has 14 nitrogen and oxygen atoms in total. The topological polar surface area (TPSA) is 161 Å². The molecule has 168 valence electrons. The van der Waals surface area contributed by atoms with Crippen molar-refractivity contribution in [2.75, 3.05) is 5.73 Å². The van der Waals surface area contributed by atoms with E-state index >= 15 is 0 Å². The highest BCUT2D eigenvalue weighted by atomic mass is 15.6. The van der Waals surface area contributed by atoms with E-state index in [0.29, 0.717) is 45.6 Å². The van der Waals surface area contributed by atoms with Gasteiger partial charge in [0.25, 0.3) is 5.95 Å². The zero-order chi connectivity index (χ0) is 23.8. The minimum Gasteiger partial charge on any atom is -0.368 e. The Kier molecular flexibility index (Phi) is 4.63. The van der Waals surface area contributed by atoms with E-state index in [1.807, 2.05) is 6.07 Å². The third kappa shape index (κ3) is 3.58. The van der Waals surface area contributed by atoms with Gasteiger partial charge in [-0.2, -0.15) is 14.4 Å². The largest absolute Gasteiger partial charge is 0.368 e. The van der Waals surface area contributed by atoms with Gasteiger partial charge in [0, 0.05) is 18.6 Å². The smallest absolute Gasteiger partial charge is 0.290 e. The molecule has 0 saturated heterocycles. The summed E-state index contributed by atoms with van der Waals surface area (Å²) in [6.45, 7) is 7.50. The van der Waals surface area contributed by atoms with Gasteiger partial charge in [-0.3, -0.25) is 0 Å². The lowest BCUT2D eigenvalue weighted by molar-refractivity contribution is 0.552. The third-order valence-corrected chi connectivity index (χ3v) is 5.08. The minimum atomic E-state index is 0.128. The number of hydrogen-bond acceptors (Lipinski definition) is 10. The Balaban J connectivity index is 1.49. The Hall–Kier alpha value is -5.58. The van der Waals surface area contributed by atoms with Crippen LogP contribution in [0.4, 0.5) is 11.6 Å². The molecule has 0 aliphatic carbocycles. The molecule has 14 heteroatoms. The van der Waals surface area contributed by atoms with Crippen LogP contribution in [-0.4, -0.2) is 59.5 Å². The zero-order valence-corrected chi connectivity index (χ0v) is 17.9. The van der Waals surface area contributed by atoms with Crippen LogP contribution in [0.2, 0.25) is 0 Å². The van der Waals surface area contributed by atoms with Gasteiger partial charge < -0.3 is 5.73 Å². The lowest BCUT2D eigenvalue weighted by atomic mass is 10.0. The number of benzene rings is 1. The summed E-state index contributed by atoms with van der Waals surface area (Å²) in [4.78, 5) is 22.6. The van der Waals surface area contributed by atoms with Gasteiger partial charge in [-0.15, -0.1) is 10.2 Å². The molecule has 0 aliphatic heterocycles. The van der Waals surface area contributed by atoms with Gasteiger partial charge in [0.05, 0.1) is 23.5 Å². The van der Waals surface area contributed by atoms with Crippen molar-refractivity contribution in [1.82, 2.24) is 59.5 Å². The number of anilines is 1. The van der Waals surface area contributed by atoms with Gasteiger partial charge in [0.2, 0.25) is 5.95 Å². The van der Waals surface area contributed by atoms with Gasteiger partial charge >= 0.3 is 0 Å². The number of hydrogen-bond donors (Lipinski definition) is 1. The second-order valence-corrected chi connectivity index (χ2v) is 7.28. The number of rotatable bonds is 5. The van der Waals surface area contributed by atoms with E-state index < -0.39 is 0 Å². The summed E-state index contributed by atoms with van der Waals surface area (Å²) in [6.07, 6.45) is 6.41. The zero-order valence-electron chi connectivity index (χ0n) is 17.9. The summed E-state index contributed by atoms with van der Waals surface area (Å²) in [6, 6.07) is 10.6. The second-order valence-electron chi connectivity index (χ2n) is 7.28. The molecule has 0 atom stereocenters. The molecule has 5 heterocycles. The first-order chi connectivity index (χ1) is 17.2.